The lowest BCUT2D eigenvalue weighted by atomic mass is 9.88. The van der Waals surface area contributed by atoms with Gasteiger partial charge in [0.1, 0.15) is 5.75 Å². The van der Waals surface area contributed by atoms with Gasteiger partial charge in [-0.1, -0.05) is 42.8 Å². The Labute approximate surface area is 214 Å². The third-order valence-corrected chi connectivity index (χ3v) is 7.53. The molecular formula is C30H36N4O2. The van der Waals surface area contributed by atoms with E-state index < -0.39 is 0 Å². The van der Waals surface area contributed by atoms with Crippen LogP contribution in [-0.2, 0) is 4.79 Å². The number of hydrogen-bond acceptors (Lipinski definition) is 4. The van der Waals surface area contributed by atoms with Gasteiger partial charge < -0.3 is 19.1 Å². The maximum Gasteiger partial charge on any atom is 0.246 e. The number of methoxy groups -OCH3 is 1. The van der Waals surface area contributed by atoms with Crippen molar-refractivity contribution < 1.29 is 9.53 Å². The van der Waals surface area contributed by atoms with Crippen molar-refractivity contribution >= 4 is 12.0 Å². The zero-order valence-corrected chi connectivity index (χ0v) is 21.3. The summed E-state index contributed by atoms with van der Waals surface area (Å²) in [5, 5.41) is 0. The van der Waals surface area contributed by atoms with Gasteiger partial charge in [0.2, 0.25) is 5.91 Å². The molecule has 2 atom stereocenters. The molecular weight excluding hydrogens is 448 g/mol. The third kappa shape index (κ3) is 5.54. The molecule has 6 nitrogen and oxygen atoms in total. The number of benzene rings is 2. The van der Waals surface area contributed by atoms with Crippen molar-refractivity contribution in [1.82, 2.24) is 19.4 Å². The minimum atomic E-state index is 0.0744. The molecule has 5 rings (SSSR count). The Hall–Kier alpha value is -3.38. The average molecular weight is 485 g/mol. The lowest BCUT2D eigenvalue weighted by molar-refractivity contribution is -0.125. The summed E-state index contributed by atoms with van der Waals surface area (Å²) >= 11 is 0. The summed E-state index contributed by atoms with van der Waals surface area (Å²) in [5.41, 5.74) is 4.15. The van der Waals surface area contributed by atoms with Crippen LogP contribution in [0.5, 0.6) is 5.75 Å². The zero-order valence-electron chi connectivity index (χ0n) is 21.3. The van der Waals surface area contributed by atoms with Crippen LogP contribution in [0.25, 0.3) is 11.8 Å². The van der Waals surface area contributed by atoms with Crippen molar-refractivity contribution in [2.24, 2.45) is 5.92 Å². The minimum Gasteiger partial charge on any atom is -0.495 e. The predicted octanol–water partition coefficient (Wildman–Crippen LogP) is 4.93. The number of likely N-dealkylation sites (tertiary alicyclic amines) is 2. The van der Waals surface area contributed by atoms with Gasteiger partial charge in [0.15, 0.2) is 0 Å². The van der Waals surface area contributed by atoms with Crippen molar-refractivity contribution in [3.8, 4) is 11.4 Å². The van der Waals surface area contributed by atoms with E-state index in [2.05, 4.69) is 40.2 Å². The summed E-state index contributed by atoms with van der Waals surface area (Å²) in [6.45, 7) is 6.98. The first-order valence-electron chi connectivity index (χ1n) is 13.0. The van der Waals surface area contributed by atoms with Crippen LogP contribution in [-0.4, -0.2) is 65.1 Å². The number of carbonyl (C=O) groups is 1. The Kier molecular flexibility index (Phi) is 7.52. The summed E-state index contributed by atoms with van der Waals surface area (Å²) in [6.07, 6.45) is 11.3. The molecule has 0 radical (unpaired) electrons. The van der Waals surface area contributed by atoms with Crippen LogP contribution in [0, 0.1) is 12.8 Å². The number of piperidine rings is 1. The Morgan fingerprint density at radius 1 is 1.08 bits per heavy atom. The average Bonchev–Trinajstić information content (AvgIpc) is 3.54. The highest BCUT2D eigenvalue weighted by Gasteiger charge is 2.36. The highest BCUT2D eigenvalue weighted by Crippen LogP contribution is 2.34. The smallest absolute Gasteiger partial charge is 0.246 e. The molecule has 2 aliphatic rings. The first-order chi connectivity index (χ1) is 17.6. The molecule has 0 saturated carbocycles. The molecule has 0 N–H and O–H groups in total. The number of nitrogens with zero attached hydrogens (tertiary/aromatic N) is 4. The highest BCUT2D eigenvalue weighted by molar-refractivity contribution is 5.92. The number of aromatic nitrogens is 2. The van der Waals surface area contributed by atoms with E-state index in [4.69, 9.17) is 4.74 Å². The maximum atomic E-state index is 13.3. The van der Waals surface area contributed by atoms with Gasteiger partial charge in [-0.2, -0.15) is 0 Å². The second kappa shape index (κ2) is 11.1. The number of carbonyl (C=O) groups excluding carboxylic acids is 1. The molecule has 2 aliphatic heterocycles. The lowest BCUT2D eigenvalue weighted by Gasteiger charge is -2.31. The summed E-state index contributed by atoms with van der Waals surface area (Å²) in [4.78, 5) is 22.2. The molecule has 188 valence electrons. The first-order valence-corrected chi connectivity index (χ1v) is 13.0. The zero-order chi connectivity index (χ0) is 24.9. The monoisotopic (exact) mass is 484 g/mol. The predicted molar refractivity (Wildman–Crippen MR) is 143 cm³/mol. The van der Waals surface area contributed by atoms with Gasteiger partial charge in [-0.25, -0.2) is 4.98 Å². The molecule has 0 bridgehead atoms. The van der Waals surface area contributed by atoms with Crippen molar-refractivity contribution in [3.05, 3.63) is 84.0 Å². The second-order valence-electron chi connectivity index (χ2n) is 10.1. The molecule has 1 amide bonds. The lowest BCUT2D eigenvalue weighted by Crippen LogP contribution is -2.36. The fourth-order valence-corrected chi connectivity index (χ4v) is 5.62. The Bertz CT molecular complexity index is 1200. The molecule has 3 aromatic rings. The number of rotatable bonds is 7. The number of imidazole rings is 1. The van der Waals surface area contributed by atoms with Gasteiger partial charge >= 0.3 is 0 Å². The van der Waals surface area contributed by atoms with E-state index in [1.165, 1.54) is 37.9 Å². The molecule has 36 heavy (non-hydrogen) atoms. The van der Waals surface area contributed by atoms with Crippen LogP contribution < -0.4 is 4.74 Å². The normalized spacial score (nSPS) is 20.8. The third-order valence-electron chi connectivity index (χ3n) is 7.53. The van der Waals surface area contributed by atoms with Crippen LogP contribution in [0.4, 0.5) is 0 Å². The van der Waals surface area contributed by atoms with Crippen LogP contribution in [0.2, 0.25) is 0 Å². The van der Waals surface area contributed by atoms with E-state index in [1.807, 2.05) is 46.9 Å². The Morgan fingerprint density at radius 3 is 2.61 bits per heavy atom. The molecule has 0 aliphatic carbocycles. The van der Waals surface area contributed by atoms with E-state index in [1.54, 1.807) is 19.5 Å². The Morgan fingerprint density at radius 2 is 1.89 bits per heavy atom. The Balaban J connectivity index is 1.29. The number of ether oxygens (including phenoxy) is 1. The van der Waals surface area contributed by atoms with Crippen molar-refractivity contribution in [2.75, 3.05) is 39.8 Å². The van der Waals surface area contributed by atoms with Crippen LogP contribution in [0.3, 0.4) is 0 Å². The van der Waals surface area contributed by atoms with Crippen LogP contribution in [0.1, 0.15) is 42.0 Å². The van der Waals surface area contributed by atoms with Gasteiger partial charge in [-0.05, 0) is 68.1 Å². The molecule has 3 heterocycles. The highest BCUT2D eigenvalue weighted by atomic mass is 16.5. The van der Waals surface area contributed by atoms with E-state index in [0.29, 0.717) is 11.8 Å². The van der Waals surface area contributed by atoms with Crippen molar-refractivity contribution in [2.45, 2.75) is 32.1 Å². The fourth-order valence-electron chi connectivity index (χ4n) is 5.62. The summed E-state index contributed by atoms with van der Waals surface area (Å²) in [5.74, 6) is 1.66. The molecule has 2 saturated heterocycles. The van der Waals surface area contributed by atoms with Gasteiger partial charge in [-0.3, -0.25) is 4.79 Å². The molecule has 0 spiro atoms. The van der Waals surface area contributed by atoms with Gasteiger partial charge in [0.25, 0.3) is 0 Å². The summed E-state index contributed by atoms with van der Waals surface area (Å²) < 4.78 is 7.57. The van der Waals surface area contributed by atoms with Crippen LogP contribution in [0.15, 0.2) is 67.1 Å². The first kappa shape index (κ1) is 24.3. The molecule has 0 unspecified atom stereocenters. The SMILES string of the molecule is COc1cc(/C=C/C(=O)N2C[C@@H](CN3CCCCC3)[C@H](c3ccccc3)C2)ccc1-n1cnc(C)c1. The van der Waals surface area contributed by atoms with E-state index >= 15 is 0 Å². The topological polar surface area (TPSA) is 50.6 Å². The number of hydrogen-bond donors (Lipinski definition) is 0. The van der Waals surface area contributed by atoms with Gasteiger partial charge in [0, 0.05) is 37.8 Å². The fraction of sp³-hybridized carbons (Fsp3) is 0.400. The maximum absolute atomic E-state index is 13.3. The van der Waals surface area contributed by atoms with Crippen molar-refractivity contribution in [3.63, 3.8) is 0 Å². The summed E-state index contributed by atoms with van der Waals surface area (Å²) in [6, 6.07) is 16.7. The summed E-state index contributed by atoms with van der Waals surface area (Å²) in [7, 11) is 1.66. The number of aryl methyl sites for hydroxylation is 1. The molecule has 2 aromatic carbocycles. The molecule has 2 fully saturated rings. The van der Waals surface area contributed by atoms with Crippen LogP contribution >= 0.6 is 0 Å². The van der Waals surface area contributed by atoms with Gasteiger partial charge in [0.05, 0.1) is 24.8 Å². The molecule has 6 heteroatoms. The number of amides is 1. The largest absolute Gasteiger partial charge is 0.495 e. The van der Waals surface area contributed by atoms with Crippen molar-refractivity contribution in [1.29, 1.82) is 0 Å². The minimum absolute atomic E-state index is 0.0744. The quantitative estimate of drug-likeness (QED) is 0.446. The van der Waals surface area contributed by atoms with E-state index in [-0.39, 0.29) is 5.91 Å². The standard InChI is InChI=1S/C30H36N4O2/c1-23-18-34(22-31-23)28-13-11-24(17-29(28)36-2)12-14-30(35)33-20-26(19-32-15-7-4-8-16-32)27(21-33)25-9-5-3-6-10-25/h3,5-6,9-14,17-18,22,26-27H,4,7-8,15-16,19-21H2,1-2H3/b14-12+/t26-,27+/m1/s1. The molecule has 1 aromatic heterocycles. The van der Waals surface area contributed by atoms with Gasteiger partial charge in [-0.15, -0.1) is 0 Å². The second-order valence-corrected chi connectivity index (χ2v) is 10.1. The van der Waals surface area contributed by atoms with E-state index in [0.717, 1.165) is 42.3 Å². The van der Waals surface area contributed by atoms with E-state index in [9.17, 15) is 4.79 Å².